The van der Waals surface area contributed by atoms with E-state index in [1.807, 2.05) is 33.8 Å². The highest BCUT2D eigenvalue weighted by atomic mass is 16.7. The minimum absolute atomic E-state index is 0.286. The second kappa shape index (κ2) is 5.05. The van der Waals surface area contributed by atoms with Crippen molar-refractivity contribution in [2.45, 2.75) is 44.9 Å². The Labute approximate surface area is 119 Å². The van der Waals surface area contributed by atoms with Crippen LogP contribution in [0.5, 0.6) is 0 Å². The fourth-order valence-corrected chi connectivity index (χ4v) is 2.37. The zero-order valence-electron chi connectivity index (χ0n) is 12.7. The summed E-state index contributed by atoms with van der Waals surface area (Å²) in [5, 5.41) is 9.23. The van der Waals surface area contributed by atoms with Crippen molar-refractivity contribution >= 4 is 13.2 Å². The van der Waals surface area contributed by atoms with Gasteiger partial charge in [0.05, 0.1) is 23.9 Å². The lowest BCUT2D eigenvalue weighted by Gasteiger charge is -2.32. The highest BCUT2D eigenvalue weighted by Crippen LogP contribution is 2.39. The first kappa shape index (κ1) is 15.3. The quantitative estimate of drug-likeness (QED) is 0.796. The highest BCUT2D eigenvalue weighted by molar-refractivity contribution is 6.55. The molecule has 7 heteroatoms. The highest BCUT2D eigenvalue weighted by Gasteiger charge is 2.53. The molecule has 2 rings (SSSR count). The van der Waals surface area contributed by atoms with Gasteiger partial charge in [0.25, 0.3) is 0 Å². The molecule has 2 aliphatic rings. The first-order chi connectivity index (χ1) is 9.18. The van der Waals surface area contributed by atoms with Gasteiger partial charge in [0.15, 0.2) is 0 Å². The van der Waals surface area contributed by atoms with Crippen molar-refractivity contribution in [3.63, 3.8) is 0 Å². The van der Waals surface area contributed by atoms with Crippen LogP contribution in [0.4, 0.5) is 4.79 Å². The van der Waals surface area contributed by atoms with Crippen LogP contribution >= 0.6 is 0 Å². The van der Waals surface area contributed by atoms with Crippen molar-refractivity contribution in [1.29, 1.82) is 0 Å². The maximum atomic E-state index is 11.3. The molecule has 6 nitrogen and oxygen atoms in total. The molecule has 1 atom stereocenters. The van der Waals surface area contributed by atoms with Gasteiger partial charge >= 0.3 is 13.2 Å². The molecule has 0 bridgehead atoms. The average Bonchev–Trinajstić information content (AvgIpc) is 2.80. The van der Waals surface area contributed by atoms with Crippen LogP contribution in [0.3, 0.4) is 0 Å². The lowest BCUT2D eigenvalue weighted by Crippen LogP contribution is -2.41. The molecule has 0 spiro atoms. The Morgan fingerprint density at radius 2 is 2.00 bits per heavy atom. The van der Waals surface area contributed by atoms with Crippen LogP contribution in [0.15, 0.2) is 11.5 Å². The van der Waals surface area contributed by atoms with Gasteiger partial charge in [0.1, 0.15) is 0 Å². The summed E-state index contributed by atoms with van der Waals surface area (Å²) in [6.07, 6.45) is 0.912. The number of hydrogen-bond acceptors (Lipinski definition) is 4. The third-order valence-corrected chi connectivity index (χ3v) is 4.30. The van der Waals surface area contributed by atoms with Gasteiger partial charge in [-0.3, -0.25) is 4.90 Å². The number of ether oxygens (including phenoxy) is 1. The molecule has 0 saturated carbocycles. The van der Waals surface area contributed by atoms with Crippen molar-refractivity contribution in [2.24, 2.45) is 0 Å². The van der Waals surface area contributed by atoms with Gasteiger partial charge in [-0.2, -0.15) is 0 Å². The molecule has 1 fully saturated rings. The summed E-state index contributed by atoms with van der Waals surface area (Å²) >= 11 is 0. The summed E-state index contributed by atoms with van der Waals surface area (Å²) in [4.78, 5) is 12.6. The molecular formula is C13H22BNO5. The number of amides is 1. The van der Waals surface area contributed by atoms with E-state index in [0.717, 1.165) is 5.47 Å². The molecule has 0 aromatic rings. The largest absolute Gasteiger partial charge is 0.492 e. The van der Waals surface area contributed by atoms with E-state index in [0.29, 0.717) is 13.2 Å². The van der Waals surface area contributed by atoms with E-state index in [1.165, 1.54) is 4.90 Å². The Bertz CT molecular complexity index is 418. The van der Waals surface area contributed by atoms with Crippen LogP contribution in [0.25, 0.3) is 0 Å². The lowest BCUT2D eigenvalue weighted by molar-refractivity contribution is 0.00578. The minimum atomic E-state index is -0.963. The predicted octanol–water partition coefficient (Wildman–Crippen LogP) is 1.55. The maximum absolute atomic E-state index is 11.3. The van der Waals surface area contributed by atoms with Gasteiger partial charge in [-0.1, -0.05) is 6.08 Å². The number of methoxy groups -OCH3 is 1. The lowest BCUT2D eigenvalue weighted by atomic mass is 9.78. The number of carboxylic acid groups (broad SMARTS) is 1. The second-order valence-electron chi connectivity index (χ2n) is 6.26. The Morgan fingerprint density at radius 3 is 2.45 bits per heavy atom. The third-order valence-electron chi connectivity index (χ3n) is 4.30. The number of rotatable bonds is 3. The van der Waals surface area contributed by atoms with Gasteiger partial charge in [-0.05, 0) is 33.2 Å². The van der Waals surface area contributed by atoms with E-state index < -0.39 is 24.4 Å². The molecule has 2 heterocycles. The van der Waals surface area contributed by atoms with E-state index in [9.17, 15) is 9.90 Å². The number of nitrogens with zero attached hydrogens (tertiary/aromatic N) is 1. The standard InChI is InChI=1S/C13H22BNO5/c1-12(2)13(3,4)20-14(19-12)9-6-10(8-18-5)15(7-9)11(16)17/h6,10H,7-8H2,1-5H3,(H,16,17)/t10-/m1/s1. The molecule has 1 N–H and O–H groups in total. The zero-order valence-corrected chi connectivity index (χ0v) is 12.7. The zero-order chi connectivity index (χ0) is 15.1. The summed E-state index contributed by atoms with van der Waals surface area (Å²) in [7, 11) is 1.06. The van der Waals surface area contributed by atoms with Gasteiger partial charge in [0.2, 0.25) is 0 Å². The maximum Gasteiger partial charge on any atom is 0.492 e. The second-order valence-corrected chi connectivity index (χ2v) is 6.26. The first-order valence-electron chi connectivity index (χ1n) is 6.72. The SMILES string of the molecule is COC[C@H]1C=C(B2OC(C)(C)C(C)(C)O2)CN1C(=O)O. The Morgan fingerprint density at radius 1 is 1.45 bits per heavy atom. The summed E-state index contributed by atoms with van der Waals surface area (Å²) in [5.74, 6) is 0. The van der Waals surface area contributed by atoms with Crippen LogP contribution in [0, 0.1) is 0 Å². The summed E-state index contributed by atoms with van der Waals surface area (Å²) in [6, 6.07) is -0.286. The molecule has 112 valence electrons. The van der Waals surface area contributed by atoms with Crippen molar-refractivity contribution in [1.82, 2.24) is 4.90 Å². The summed E-state index contributed by atoms with van der Waals surface area (Å²) in [6.45, 7) is 8.53. The molecule has 0 radical (unpaired) electrons. The number of carbonyl (C=O) groups is 1. The van der Waals surface area contributed by atoms with Crippen molar-refractivity contribution in [3.8, 4) is 0 Å². The summed E-state index contributed by atoms with van der Waals surface area (Å²) in [5.41, 5.74) is -0.00857. The molecule has 0 aromatic carbocycles. The van der Waals surface area contributed by atoms with Gasteiger partial charge in [-0.25, -0.2) is 4.79 Å². The third kappa shape index (κ3) is 2.57. The smallest absolute Gasteiger partial charge is 0.465 e. The van der Waals surface area contributed by atoms with Crippen LogP contribution in [-0.4, -0.2) is 60.7 Å². The molecule has 1 saturated heterocycles. The monoisotopic (exact) mass is 283 g/mol. The Balaban J connectivity index is 2.15. The topological polar surface area (TPSA) is 68.2 Å². The van der Waals surface area contributed by atoms with E-state index in [-0.39, 0.29) is 6.04 Å². The van der Waals surface area contributed by atoms with Crippen LogP contribution in [0.1, 0.15) is 27.7 Å². The van der Waals surface area contributed by atoms with E-state index in [2.05, 4.69) is 0 Å². The molecule has 0 unspecified atom stereocenters. The van der Waals surface area contributed by atoms with E-state index >= 15 is 0 Å². The predicted molar refractivity (Wildman–Crippen MR) is 74.6 cm³/mol. The van der Waals surface area contributed by atoms with Gasteiger partial charge < -0.3 is 19.2 Å². The van der Waals surface area contributed by atoms with Crippen molar-refractivity contribution in [2.75, 3.05) is 20.3 Å². The molecule has 20 heavy (non-hydrogen) atoms. The molecule has 2 aliphatic heterocycles. The van der Waals surface area contributed by atoms with Crippen LogP contribution < -0.4 is 0 Å². The minimum Gasteiger partial charge on any atom is -0.465 e. The van der Waals surface area contributed by atoms with E-state index in [4.69, 9.17) is 14.0 Å². The average molecular weight is 283 g/mol. The Hall–Kier alpha value is -1.05. The van der Waals surface area contributed by atoms with Crippen molar-refractivity contribution < 1.29 is 23.9 Å². The fourth-order valence-electron chi connectivity index (χ4n) is 2.37. The fraction of sp³-hybridized carbons (Fsp3) is 0.769. The van der Waals surface area contributed by atoms with Crippen molar-refractivity contribution in [3.05, 3.63) is 11.5 Å². The molecule has 0 aromatic heterocycles. The summed E-state index contributed by atoms with van der Waals surface area (Å²) < 4.78 is 17.0. The molecule has 0 aliphatic carbocycles. The molecular weight excluding hydrogens is 261 g/mol. The molecule has 1 amide bonds. The van der Waals surface area contributed by atoms with Crippen LogP contribution in [0.2, 0.25) is 0 Å². The number of hydrogen-bond donors (Lipinski definition) is 1. The Kier molecular flexibility index (Phi) is 3.88. The first-order valence-corrected chi connectivity index (χ1v) is 6.72. The van der Waals surface area contributed by atoms with Crippen LogP contribution in [-0.2, 0) is 14.0 Å². The van der Waals surface area contributed by atoms with E-state index in [1.54, 1.807) is 7.11 Å². The van der Waals surface area contributed by atoms with Gasteiger partial charge in [0, 0.05) is 13.7 Å². The normalized spacial score (nSPS) is 27.9. The van der Waals surface area contributed by atoms with Gasteiger partial charge in [-0.15, -0.1) is 0 Å².